The largest absolute Gasteiger partial charge is 0.363 e. The Labute approximate surface area is 101 Å². The van der Waals surface area contributed by atoms with Gasteiger partial charge in [-0.1, -0.05) is 6.92 Å². The minimum atomic E-state index is 0.284. The van der Waals surface area contributed by atoms with Crippen LogP contribution < -0.4 is 10.6 Å². The molecule has 0 saturated heterocycles. The number of aromatic amines is 1. The first kappa shape index (κ1) is 11.9. The predicted octanol–water partition coefficient (Wildman–Crippen LogP) is 1.48. The van der Waals surface area contributed by atoms with Crippen LogP contribution in [-0.4, -0.2) is 35.6 Å². The van der Waals surface area contributed by atoms with Gasteiger partial charge in [0.2, 0.25) is 0 Å². The molecule has 1 atom stereocenters. The third-order valence-corrected chi connectivity index (χ3v) is 2.97. The fourth-order valence-electron chi connectivity index (χ4n) is 1.82. The normalized spacial score (nSPS) is 12.9. The Morgan fingerprint density at radius 1 is 1.35 bits per heavy atom. The Morgan fingerprint density at radius 3 is 2.71 bits per heavy atom. The number of aromatic nitrogens is 3. The van der Waals surface area contributed by atoms with Crippen molar-refractivity contribution >= 4 is 17.0 Å². The molecule has 2 aromatic rings. The second kappa shape index (κ2) is 4.71. The molecular weight excluding hydrogens is 214 g/mol. The zero-order valence-electron chi connectivity index (χ0n) is 10.6. The minimum absolute atomic E-state index is 0.284. The van der Waals surface area contributed by atoms with Gasteiger partial charge in [-0.2, -0.15) is 0 Å². The van der Waals surface area contributed by atoms with Crippen LogP contribution in [0.1, 0.15) is 25.1 Å². The average Bonchev–Trinajstić information content (AvgIpc) is 2.72. The number of hydrogen-bond acceptors (Lipinski definition) is 4. The summed E-state index contributed by atoms with van der Waals surface area (Å²) in [6.07, 6.45) is 0.983. The first-order valence-corrected chi connectivity index (χ1v) is 5.89. The van der Waals surface area contributed by atoms with Crippen molar-refractivity contribution in [3.05, 3.63) is 18.0 Å². The quantitative estimate of drug-likeness (QED) is 0.839. The second-order valence-corrected chi connectivity index (χ2v) is 4.40. The molecule has 92 valence electrons. The number of pyridine rings is 1. The molecule has 0 aromatic carbocycles. The summed E-state index contributed by atoms with van der Waals surface area (Å²) in [5, 5.41) is 0. The molecule has 0 fully saturated rings. The van der Waals surface area contributed by atoms with E-state index in [9.17, 15) is 0 Å². The standard InChI is InChI=1S/C12H19N5/c1-4-8(7-13)11-14-9-5-6-10(17(2)3)15-12(9)16-11/h5-6,8H,4,7,13H2,1-3H3,(H,14,15,16). The Hall–Kier alpha value is -1.62. The lowest BCUT2D eigenvalue weighted by molar-refractivity contribution is 0.640. The van der Waals surface area contributed by atoms with E-state index in [-0.39, 0.29) is 5.92 Å². The monoisotopic (exact) mass is 233 g/mol. The molecular formula is C12H19N5. The average molecular weight is 233 g/mol. The summed E-state index contributed by atoms with van der Waals surface area (Å²) in [6.45, 7) is 2.72. The van der Waals surface area contributed by atoms with Crippen molar-refractivity contribution in [2.24, 2.45) is 5.73 Å². The number of hydrogen-bond donors (Lipinski definition) is 2. The van der Waals surface area contributed by atoms with Crippen molar-refractivity contribution in [3.8, 4) is 0 Å². The molecule has 0 saturated carbocycles. The summed E-state index contributed by atoms with van der Waals surface area (Å²) in [4.78, 5) is 14.3. The number of nitrogens with zero attached hydrogens (tertiary/aromatic N) is 3. The maximum atomic E-state index is 5.73. The maximum absolute atomic E-state index is 5.73. The van der Waals surface area contributed by atoms with Crippen LogP contribution in [0, 0.1) is 0 Å². The summed E-state index contributed by atoms with van der Waals surface area (Å²) >= 11 is 0. The summed E-state index contributed by atoms with van der Waals surface area (Å²) in [7, 11) is 3.94. The van der Waals surface area contributed by atoms with Crippen LogP contribution in [0.2, 0.25) is 0 Å². The van der Waals surface area contributed by atoms with E-state index in [2.05, 4.69) is 21.9 Å². The number of rotatable bonds is 4. The first-order valence-electron chi connectivity index (χ1n) is 5.89. The van der Waals surface area contributed by atoms with Gasteiger partial charge in [0.05, 0.1) is 5.52 Å². The first-order chi connectivity index (χ1) is 8.15. The number of nitrogens with one attached hydrogen (secondary N) is 1. The molecule has 1 unspecified atom stereocenters. The highest BCUT2D eigenvalue weighted by Gasteiger charge is 2.13. The SMILES string of the molecule is CCC(CN)c1nc2nc(N(C)C)ccc2[nH]1. The number of nitrogens with two attached hydrogens (primary N) is 1. The minimum Gasteiger partial charge on any atom is -0.363 e. The van der Waals surface area contributed by atoms with Crippen LogP contribution in [-0.2, 0) is 0 Å². The van der Waals surface area contributed by atoms with Gasteiger partial charge in [0.15, 0.2) is 5.65 Å². The molecule has 2 rings (SSSR count). The molecule has 2 aromatic heterocycles. The molecule has 5 nitrogen and oxygen atoms in total. The summed E-state index contributed by atoms with van der Waals surface area (Å²) < 4.78 is 0. The third-order valence-electron chi connectivity index (χ3n) is 2.97. The van der Waals surface area contributed by atoms with Gasteiger partial charge in [-0.15, -0.1) is 0 Å². The second-order valence-electron chi connectivity index (χ2n) is 4.40. The third kappa shape index (κ3) is 2.24. The van der Waals surface area contributed by atoms with E-state index in [1.807, 2.05) is 31.1 Å². The Morgan fingerprint density at radius 2 is 2.12 bits per heavy atom. The topological polar surface area (TPSA) is 70.8 Å². The molecule has 5 heteroatoms. The highest BCUT2D eigenvalue weighted by molar-refractivity contribution is 5.73. The highest BCUT2D eigenvalue weighted by atomic mass is 15.1. The van der Waals surface area contributed by atoms with Gasteiger partial charge >= 0.3 is 0 Å². The molecule has 0 amide bonds. The van der Waals surface area contributed by atoms with Crippen LogP contribution in [0.5, 0.6) is 0 Å². The predicted molar refractivity (Wildman–Crippen MR) is 70.3 cm³/mol. The van der Waals surface area contributed by atoms with Gasteiger partial charge in [0.25, 0.3) is 0 Å². The van der Waals surface area contributed by atoms with Gasteiger partial charge in [0, 0.05) is 26.6 Å². The number of anilines is 1. The van der Waals surface area contributed by atoms with E-state index in [0.29, 0.717) is 6.54 Å². The molecule has 3 N–H and O–H groups in total. The molecule has 2 heterocycles. The fraction of sp³-hybridized carbons (Fsp3) is 0.500. The molecule has 0 bridgehead atoms. The molecule has 0 aliphatic heterocycles. The lowest BCUT2D eigenvalue weighted by Gasteiger charge is -2.09. The lowest BCUT2D eigenvalue weighted by atomic mass is 10.1. The van der Waals surface area contributed by atoms with Crippen LogP contribution in [0.3, 0.4) is 0 Å². The van der Waals surface area contributed by atoms with Crippen molar-refractivity contribution in [1.29, 1.82) is 0 Å². The van der Waals surface area contributed by atoms with E-state index in [0.717, 1.165) is 29.2 Å². The van der Waals surface area contributed by atoms with E-state index < -0.39 is 0 Å². The van der Waals surface area contributed by atoms with Crippen LogP contribution in [0.4, 0.5) is 5.82 Å². The van der Waals surface area contributed by atoms with Gasteiger partial charge in [-0.05, 0) is 18.6 Å². The van der Waals surface area contributed by atoms with Gasteiger partial charge in [-0.3, -0.25) is 0 Å². The summed E-state index contributed by atoms with van der Waals surface area (Å²) in [5.74, 6) is 2.14. The number of imidazole rings is 1. The van der Waals surface area contributed by atoms with Crippen LogP contribution >= 0.6 is 0 Å². The molecule has 0 aliphatic rings. The van der Waals surface area contributed by atoms with Crippen molar-refractivity contribution in [3.63, 3.8) is 0 Å². The van der Waals surface area contributed by atoms with E-state index >= 15 is 0 Å². The van der Waals surface area contributed by atoms with Crippen molar-refractivity contribution in [1.82, 2.24) is 15.0 Å². The number of H-pyrrole nitrogens is 1. The van der Waals surface area contributed by atoms with Gasteiger partial charge in [-0.25, -0.2) is 9.97 Å². The molecule has 17 heavy (non-hydrogen) atoms. The molecule has 0 spiro atoms. The van der Waals surface area contributed by atoms with E-state index in [1.54, 1.807) is 0 Å². The Kier molecular flexibility index (Phi) is 3.28. The number of fused-ring (bicyclic) bond motifs is 1. The van der Waals surface area contributed by atoms with Gasteiger partial charge < -0.3 is 15.6 Å². The van der Waals surface area contributed by atoms with Crippen molar-refractivity contribution in [2.45, 2.75) is 19.3 Å². The van der Waals surface area contributed by atoms with E-state index in [4.69, 9.17) is 5.73 Å². The zero-order chi connectivity index (χ0) is 12.4. The Balaban J connectivity index is 2.43. The fourth-order valence-corrected chi connectivity index (χ4v) is 1.82. The van der Waals surface area contributed by atoms with Crippen LogP contribution in [0.25, 0.3) is 11.2 Å². The Bertz CT molecular complexity index is 499. The summed E-state index contributed by atoms with van der Waals surface area (Å²) in [6, 6.07) is 3.99. The molecule has 0 aliphatic carbocycles. The smallest absolute Gasteiger partial charge is 0.179 e. The van der Waals surface area contributed by atoms with Crippen molar-refractivity contribution < 1.29 is 0 Å². The zero-order valence-corrected chi connectivity index (χ0v) is 10.6. The maximum Gasteiger partial charge on any atom is 0.179 e. The molecule has 0 radical (unpaired) electrons. The van der Waals surface area contributed by atoms with Crippen LogP contribution in [0.15, 0.2) is 12.1 Å². The highest BCUT2D eigenvalue weighted by Crippen LogP contribution is 2.20. The van der Waals surface area contributed by atoms with Gasteiger partial charge in [0.1, 0.15) is 11.6 Å². The van der Waals surface area contributed by atoms with E-state index in [1.165, 1.54) is 0 Å². The lowest BCUT2D eigenvalue weighted by Crippen LogP contribution is -2.12. The van der Waals surface area contributed by atoms with Crippen molar-refractivity contribution in [2.75, 3.05) is 25.5 Å². The summed E-state index contributed by atoms with van der Waals surface area (Å²) in [5.41, 5.74) is 7.46.